The highest BCUT2D eigenvalue weighted by Crippen LogP contribution is 2.31. The monoisotopic (exact) mass is 338 g/mol. The number of carbonyl (C=O) groups excluding carboxylic acids is 1. The summed E-state index contributed by atoms with van der Waals surface area (Å²) in [5.41, 5.74) is 3.89. The molecule has 2 aromatic carbocycles. The topological polar surface area (TPSA) is 56.3 Å². The number of aromatic nitrogens is 1. The molecule has 1 amide bonds. The van der Waals surface area contributed by atoms with E-state index < -0.39 is 0 Å². The maximum atomic E-state index is 13.0. The number of nitrogens with zero attached hydrogens (tertiary/aromatic N) is 1. The van der Waals surface area contributed by atoms with Crippen LogP contribution in [0.15, 0.2) is 53.4 Å². The Kier molecular flexibility index (Phi) is 3.82. The molecule has 5 heteroatoms. The second-order valence-electron chi connectivity index (χ2n) is 6.12. The Morgan fingerprint density at radius 1 is 1.21 bits per heavy atom. The summed E-state index contributed by atoms with van der Waals surface area (Å²) in [4.78, 5) is 18.8. The summed E-state index contributed by atoms with van der Waals surface area (Å²) in [7, 11) is 0. The SMILES string of the molecule is O=C(c1ccccc1S)N1Cc2[nH]c3ccccc3c2CC1CO. The lowest BCUT2D eigenvalue weighted by molar-refractivity contribution is 0.0538. The van der Waals surface area contributed by atoms with Crippen LogP contribution in [0.5, 0.6) is 0 Å². The van der Waals surface area contributed by atoms with E-state index in [0.29, 0.717) is 23.4 Å². The van der Waals surface area contributed by atoms with Gasteiger partial charge in [-0.15, -0.1) is 12.6 Å². The van der Waals surface area contributed by atoms with E-state index in [1.807, 2.05) is 36.4 Å². The van der Waals surface area contributed by atoms with Crippen molar-refractivity contribution in [2.75, 3.05) is 6.61 Å². The number of benzene rings is 2. The number of hydrogen-bond donors (Lipinski definition) is 3. The number of aliphatic hydroxyl groups is 1. The van der Waals surface area contributed by atoms with E-state index in [9.17, 15) is 9.90 Å². The number of rotatable bonds is 2. The second kappa shape index (κ2) is 6.00. The van der Waals surface area contributed by atoms with Crippen LogP contribution >= 0.6 is 12.6 Å². The van der Waals surface area contributed by atoms with E-state index in [1.165, 1.54) is 10.9 Å². The molecule has 0 fully saturated rings. The van der Waals surface area contributed by atoms with Gasteiger partial charge < -0.3 is 15.0 Å². The number of carbonyl (C=O) groups is 1. The van der Waals surface area contributed by atoms with Gasteiger partial charge in [0, 0.05) is 21.5 Å². The quantitative estimate of drug-likeness (QED) is 0.629. The van der Waals surface area contributed by atoms with E-state index in [2.05, 4.69) is 23.7 Å². The van der Waals surface area contributed by atoms with Gasteiger partial charge in [-0.05, 0) is 30.2 Å². The van der Waals surface area contributed by atoms with Crippen molar-refractivity contribution in [2.45, 2.75) is 23.9 Å². The molecule has 0 aliphatic carbocycles. The number of hydrogen-bond acceptors (Lipinski definition) is 3. The fraction of sp³-hybridized carbons (Fsp3) is 0.211. The van der Waals surface area contributed by atoms with Gasteiger partial charge in [0.15, 0.2) is 0 Å². The number of thiol groups is 1. The minimum atomic E-state index is -0.225. The van der Waals surface area contributed by atoms with Crippen LogP contribution in [0, 0.1) is 0 Å². The molecule has 1 aliphatic heterocycles. The molecule has 122 valence electrons. The zero-order valence-corrected chi connectivity index (χ0v) is 14.0. The fourth-order valence-electron chi connectivity index (χ4n) is 3.48. The van der Waals surface area contributed by atoms with Crippen molar-refractivity contribution in [3.05, 3.63) is 65.4 Å². The van der Waals surface area contributed by atoms with Crippen LogP contribution in [0.4, 0.5) is 0 Å². The standard InChI is InChI=1S/C19H18N2O2S/c22-11-12-9-15-13-5-1-3-7-16(13)20-17(15)10-21(12)19(23)14-6-2-4-8-18(14)24/h1-8,12,20,22,24H,9-11H2. The van der Waals surface area contributed by atoms with E-state index in [4.69, 9.17) is 0 Å². The molecule has 0 saturated heterocycles. The summed E-state index contributed by atoms with van der Waals surface area (Å²) in [6.45, 7) is 0.412. The normalized spacial score (nSPS) is 17.1. The van der Waals surface area contributed by atoms with Gasteiger partial charge in [-0.3, -0.25) is 4.79 Å². The average molecular weight is 338 g/mol. The van der Waals surface area contributed by atoms with Gasteiger partial charge in [0.05, 0.1) is 24.8 Å². The van der Waals surface area contributed by atoms with Crippen molar-refractivity contribution >= 4 is 29.4 Å². The van der Waals surface area contributed by atoms with Gasteiger partial charge in [0.2, 0.25) is 0 Å². The van der Waals surface area contributed by atoms with Crippen LogP contribution in [0.1, 0.15) is 21.6 Å². The molecule has 4 nitrogen and oxygen atoms in total. The largest absolute Gasteiger partial charge is 0.394 e. The first-order valence-electron chi connectivity index (χ1n) is 7.97. The van der Waals surface area contributed by atoms with E-state index in [-0.39, 0.29) is 18.6 Å². The van der Waals surface area contributed by atoms with Crippen molar-refractivity contribution in [3.63, 3.8) is 0 Å². The lowest BCUT2D eigenvalue weighted by atomic mass is 9.96. The first-order chi connectivity index (χ1) is 11.7. The van der Waals surface area contributed by atoms with Crippen LogP contribution in [0.2, 0.25) is 0 Å². The molecule has 0 spiro atoms. The molecule has 2 heterocycles. The summed E-state index contributed by atoms with van der Waals surface area (Å²) in [6, 6.07) is 15.2. The van der Waals surface area contributed by atoms with Crippen LogP contribution in [0.3, 0.4) is 0 Å². The average Bonchev–Trinajstić information content (AvgIpc) is 2.98. The molecule has 1 atom stereocenters. The molecule has 4 rings (SSSR count). The first-order valence-corrected chi connectivity index (χ1v) is 8.42. The van der Waals surface area contributed by atoms with Gasteiger partial charge >= 0.3 is 0 Å². The summed E-state index contributed by atoms with van der Waals surface area (Å²) in [6.07, 6.45) is 0.649. The highest BCUT2D eigenvalue weighted by Gasteiger charge is 2.32. The van der Waals surface area contributed by atoms with Crippen molar-refractivity contribution < 1.29 is 9.90 Å². The molecule has 1 aliphatic rings. The molecular formula is C19H18N2O2S. The third-order valence-electron chi connectivity index (χ3n) is 4.72. The summed E-state index contributed by atoms with van der Waals surface area (Å²) in [5, 5.41) is 11.0. The zero-order chi connectivity index (χ0) is 16.7. The predicted octanol–water partition coefficient (Wildman–Crippen LogP) is 3.02. The molecule has 2 N–H and O–H groups in total. The van der Waals surface area contributed by atoms with E-state index in [0.717, 1.165) is 11.2 Å². The number of nitrogens with one attached hydrogen (secondary N) is 1. The second-order valence-corrected chi connectivity index (χ2v) is 6.60. The molecule has 0 bridgehead atoms. The van der Waals surface area contributed by atoms with Gasteiger partial charge in [0.25, 0.3) is 5.91 Å². The Labute approximate surface area is 145 Å². The Bertz CT molecular complexity index is 919. The number of H-pyrrole nitrogens is 1. The van der Waals surface area contributed by atoms with Crippen LogP contribution in [0.25, 0.3) is 10.9 Å². The van der Waals surface area contributed by atoms with Crippen LogP contribution in [-0.4, -0.2) is 33.5 Å². The van der Waals surface area contributed by atoms with Crippen molar-refractivity contribution in [3.8, 4) is 0 Å². The third-order valence-corrected chi connectivity index (χ3v) is 5.11. The summed E-state index contributed by atoms with van der Waals surface area (Å²) in [5.74, 6) is -0.0936. The number of aliphatic hydroxyl groups excluding tert-OH is 1. The van der Waals surface area contributed by atoms with Gasteiger partial charge in [-0.2, -0.15) is 0 Å². The van der Waals surface area contributed by atoms with Crippen molar-refractivity contribution in [1.29, 1.82) is 0 Å². The highest BCUT2D eigenvalue weighted by atomic mass is 32.1. The molecule has 1 aromatic heterocycles. The van der Waals surface area contributed by atoms with Gasteiger partial charge in [-0.1, -0.05) is 30.3 Å². The number of fused-ring (bicyclic) bond motifs is 3. The Hall–Kier alpha value is -2.24. The van der Waals surface area contributed by atoms with Crippen LogP contribution in [-0.2, 0) is 13.0 Å². The van der Waals surface area contributed by atoms with E-state index >= 15 is 0 Å². The maximum absolute atomic E-state index is 13.0. The molecular weight excluding hydrogens is 320 g/mol. The smallest absolute Gasteiger partial charge is 0.255 e. The number of para-hydroxylation sites is 1. The summed E-state index contributed by atoms with van der Waals surface area (Å²) >= 11 is 4.39. The maximum Gasteiger partial charge on any atom is 0.255 e. The lowest BCUT2D eigenvalue weighted by Crippen LogP contribution is -2.46. The van der Waals surface area contributed by atoms with Crippen LogP contribution < -0.4 is 0 Å². The Balaban J connectivity index is 1.74. The minimum absolute atomic E-state index is 0.0561. The van der Waals surface area contributed by atoms with Gasteiger partial charge in [0.1, 0.15) is 0 Å². The molecule has 3 aromatic rings. The van der Waals surface area contributed by atoms with Gasteiger partial charge in [-0.25, -0.2) is 0 Å². The number of amides is 1. The van der Waals surface area contributed by atoms with Crippen molar-refractivity contribution in [2.24, 2.45) is 0 Å². The molecule has 0 saturated carbocycles. The van der Waals surface area contributed by atoms with Crippen molar-refractivity contribution in [1.82, 2.24) is 9.88 Å². The summed E-state index contributed by atoms with van der Waals surface area (Å²) < 4.78 is 0. The fourth-order valence-corrected chi connectivity index (χ4v) is 3.74. The molecule has 24 heavy (non-hydrogen) atoms. The third kappa shape index (κ3) is 2.41. The molecule has 1 unspecified atom stereocenters. The molecule has 0 radical (unpaired) electrons. The Morgan fingerprint density at radius 3 is 2.75 bits per heavy atom. The van der Waals surface area contributed by atoms with E-state index in [1.54, 1.807) is 11.0 Å². The highest BCUT2D eigenvalue weighted by molar-refractivity contribution is 7.80. The first kappa shape index (κ1) is 15.3. The minimum Gasteiger partial charge on any atom is -0.394 e. The predicted molar refractivity (Wildman–Crippen MR) is 96.4 cm³/mol. The number of aromatic amines is 1. The lowest BCUT2D eigenvalue weighted by Gasteiger charge is -2.35. The Morgan fingerprint density at radius 2 is 1.96 bits per heavy atom. The zero-order valence-electron chi connectivity index (χ0n) is 13.1.